The van der Waals surface area contributed by atoms with Crippen LogP contribution in [-0.2, 0) is 16.1 Å². The Labute approximate surface area is 133 Å². The molecular formula is C14H11BrN2O5. The molecule has 1 unspecified atom stereocenters. The molecule has 0 aromatic heterocycles. The highest BCUT2D eigenvalue weighted by atomic mass is 79.9. The van der Waals surface area contributed by atoms with E-state index in [9.17, 15) is 24.3 Å². The molecule has 1 fully saturated rings. The number of fused-ring (bicyclic) bond motifs is 1. The molecule has 0 bridgehead atoms. The summed E-state index contributed by atoms with van der Waals surface area (Å²) < 4.78 is 0.488. The Hall–Kier alpha value is -2.22. The second-order valence-corrected chi connectivity index (χ2v) is 6.10. The van der Waals surface area contributed by atoms with E-state index >= 15 is 0 Å². The van der Waals surface area contributed by atoms with Gasteiger partial charge in [-0.1, -0.05) is 15.9 Å². The minimum atomic E-state index is -1.13. The van der Waals surface area contributed by atoms with E-state index in [0.29, 0.717) is 10.0 Å². The molecule has 1 atom stereocenters. The van der Waals surface area contributed by atoms with Crippen molar-refractivity contribution in [2.24, 2.45) is 0 Å². The van der Waals surface area contributed by atoms with Crippen molar-refractivity contribution in [1.82, 2.24) is 10.2 Å². The number of carboxylic acids is 1. The topological polar surface area (TPSA) is 104 Å². The first-order chi connectivity index (χ1) is 10.4. The van der Waals surface area contributed by atoms with E-state index in [2.05, 4.69) is 21.2 Å². The molecule has 2 aliphatic heterocycles. The van der Waals surface area contributed by atoms with Gasteiger partial charge in [0.25, 0.3) is 5.91 Å². The first-order valence-corrected chi connectivity index (χ1v) is 7.38. The molecule has 0 aliphatic carbocycles. The van der Waals surface area contributed by atoms with Crippen molar-refractivity contribution in [3.05, 3.63) is 33.3 Å². The number of amides is 3. The van der Waals surface area contributed by atoms with Crippen LogP contribution in [0, 0.1) is 0 Å². The molecule has 8 heteroatoms. The van der Waals surface area contributed by atoms with Crippen molar-refractivity contribution in [2.75, 3.05) is 0 Å². The average molecular weight is 367 g/mol. The lowest BCUT2D eigenvalue weighted by Gasteiger charge is -2.29. The van der Waals surface area contributed by atoms with Crippen LogP contribution in [0.2, 0.25) is 0 Å². The number of carbonyl (C=O) groups is 4. The van der Waals surface area contributed by atoms with E-state index in [1.807, 2.05) is 0 Å². The lowest BCUT2D eigenvalue weighted by molar-refractivity contribution is -0.136. The Morgan fingerprint density at radius 1 is 1.32 bits per heavy atom. The predicted molar refractivity (Wildman–Crippen MR) is 77.1 cm³/mol. The van der Waals surface area contributed by atoms with Gasteiger partial charge < -0.3 is 10.0 Å². The molecule has 0 saturated carbocycles. The number of imide groups is 1. The van der Waals surface area contributed by atoms with Crippen LogP contribution >= 0.6 is 15.9 Å². The van der Waals surface area contributed by atoms with Gasteiger partial charge in [-0.3, -0.25) is 19.7 Å². The fourth-order valence-corrected chi connectivity index (χ4v) is 3.27. The molecule has 7 nitrogen and oxygen atoms in total. The quantitative estimate of drug-likeness (QED) is 0.757. The van der Waals surface area contributed by atoms with Crippen molar-refractivity contribution in [2.45, 2.75) is 25.4 Å². The van der Waals surface area contributed by atoms with Gasteiger partial charge in [0.15, 0.2) is 0 Å². The molecule has 0 radical (unpaired) electrons. The number of nitrogens with zero attached hydrogens (tertiary/aromatic N) is 1. The van der Waals surface area contributed by atoms with Crippen molar-refractivity contribution < 1.29 is 24.3 Å². The molecule has 2 aliphatic rings. The third-order valence-electron chi connectivity index (χ3n) is 3.85. The first kappa shape index (κ1) is 14.7. The average Bonchev–Trinajstić information content (AvgIpc) is 2.75. The lowest BCUT2D eigenvalue weighted by atomic mass is 10.0. The minimum absolute atomic E-state index is 0.0347. The Balaban J connectivity index is 1.98. The second-order valence-electron chi connectivity index (χ2n) is 5.18. The van der Waals surface area contributed by atoms with E-state index in [1.165, 1.54) is 11.0 Å². The highest BCUT2D eigenvalue weighted by Gasteiger charge is 2.40. The normalized spacial score (nSPS) is 20.9. The van der Waals surface area contributed by atoms with Gasteiger partial charge in [-0.2, -0.15) is 0 Å². The van der Waals surface area contributed by atoms with Crippen LogP contribution in [0.4, 0.5) is 0 Å². The summed E-state index contributed by atoms with van der Waals surface area (Å²) >= 11 is 3.19. The lowest BCUT2D eigenvalue weighted by Crippen LogP contribution is -2.52. The zero-order chi connectivity index (χ0) is 16.0. The largest absolute Gasteiger partial charge is 0.478 e. The van der Waals surface area contributed by atoms with E-state index in [1.54, 1.807) is 6.07 Å². The number of hydrogen-bond donors (Lipinski definition) is 2. The summed E-state index contributed by atoms with van der Waals surface area (Å²) in [7, 11) is 0. The van der Waals surface area contributed by atoms with Gasteiger partial charge in [-0.15, -0.1) is 0 Å². The summed E-state index contributed by atoms with van der Waals surface area (Å²) in [4.78, 5) is 48.3. The Morgan fingerprint density at radius 3 is 2.68 bits per heavy atom. The summed E-state index contributed by atoms with van der Waals surface area (Å²) in [5.41, 5.74) is 0.703. The maximum absolute atomic E-state index is 12.5. The Kier molecular flexibility index (Phi) is 3.48. The van der Waals surface area contributed by atoms with Gasteiger partial charge in [0.05, 0.1) is 5.56 Å². The molecule has 0 spiro atoms. The molecule has 3 amide bonds. The SMILES string of the molecule is O=C1CCC(N2Cc3c(C(=O)O)cc(Br)cc3C2=O)C(=O)N1. The molecule has 3 rings (SSSR count). The van der Waals surface area contributed by atoms with Gasteiger partial charge in [-0.05, 0) is 24.1 Å². The number of aromatic carboxylic acids is 1. The highest BCUT2D eigenvalue weighted by molar-refractivity contribution is 9.10. The number of halogens is 1. The summed E-state index contributed by atoms with van der Waals surface area (Å²) in [6, 6.07) is 2.23. The van der Waals surface area contributed by atoms with Gasteiger partial charge in [0.1, 0.15) is 6.04 Å². The van der Waals surface area contributed by atoms with Crippen LogP contribution in [0.3, 0.4) is 0 Å². The molecule has 22 heavy (non-hydrogen) atoms. The van der Waals surface area contributed by atoms with Crippen LogP contribution < -0.4 is 5.32 Å². The summed E-state index contributed by atoms with van der Waals surface area (Å²) in [5, 5.41) is 11.5. The van der Waals surface area contributed by atoms with Crippen molar-refractivity contribution in [3.63, 3.8) is 0 Å². The van der Waals surface area contributed by atoms with Gasteiger partial charge in [-0.25, -0.2) is 4.79 Å². The van der Waals surface area contributed by atoms with E-state index in [-0.39, 0.29) is 36.4 Å². The molecule has 1 saturated heterocycles. The fourth-order valence-electron chi connectivity index (χ4n) is 2.82. The Morgan fingerprint density at radius 2 is 2.05 bits per heavy atom. The van der Waals surface area contributed by atoms with Crippen molar-refractivity contribution >= 4 is 39.6 Å². The third-order valence-corrected chi connectivity index (χ3v) is 4.31. The maximum Gasteiger partial charge on any atom is 0.336 e. The number of hydrogen-bond acceptors (Lipinski definition) is 4. The number of carbonyl (C=O) groups excluding carboxylic acids is 3. The zero-order valence-corrected chi connectivity index (χ0v) is 12.8. The second kappa shape index (κ2) is 5.20. The Bertz CT molecular complexity index is 730. The smallest absolute Gasteiger partial charge is 0.336 e. The van der Waals surface area contributed by atoms with E-state index in [4.69, 9.17) is 0 Å². The fraction of sp³-hybridized carbons (Fsp3) is 0.286. The van der Waals surface area contributed by atoms with Crippen LogP contribution in [0.25, 0.3) is 0 Å². The third kappa shape index (κ3) is 2.29. The van der Waals surface area contributed by atoms with Crippen LogP contribution in [0.1, 0.15) is 39.1 Å². The zero-order valence-electron chi connectivity index (χ0n) is 11.3. The summed E-state index contributed by atoms with van der Waals surface area (Å²) in [6.45, 7) is 0.0509. The predicted octanol–water partition coefficient (Wildman–Crippen LogP) is 0.908. The molecule has 2 N–H and O–H groups in total. The monoisotopic (exact) mass is 366 g/mol. The molecule has 2 heterocycles. The van der Waals surface area contributed by atoms with Crippen molar-refractivity contribution in [3.8, 4) is 0 Å². The minimum Gasteiger partial charge on any atom is -0.478 e. The van der Waals surface area contributed by atoms with Gasteiger partial charge >= 0.3 is 5.97 Å². The summed E-state index contributed by atoms with van der Waals surface area (Å²) in [5.74, 6) is -2.41. The number of piperidine rings is 1. The first-order valence-electron chi connectivity index (χ1n) is 6.59. The van der Waals surface area contributed by atoms with E-state index < -0.39 is 23.8 Å². The standard InChI is InChI=1S/C14H11BrN2O5/c15-6-3-7-9(8(4-6)14(21)22)5-17(13(7)20)10-1-2-11(18)16-12(10)19/h3-4,10H,1-2,5H2,(H,21,22)(H,16,18,19). The van der Waals surface area contributed by atoms with E-state index in [0.717, 1.165) is 0 Å². The van der Waals surface area contributed by atoms with Crippen molar-refractivity contribution in [1.29, 1.82) is 0 Å². The highest BCUT2D eigenvalue weighted by Crippen LogP contribution is 2.32. The molecule has 1 aromatic carbocycles. The molecule has 1 aromatic rings. The van der Waals surface area contributed by atoms with Crippen LogP contribution in [-0.4, -0.2) is 39.7 Å². The molecular weight excluding hydrogens is 356 g/mol. The number of benzene rings is 1. The van der Waals surface area contributed by atoms with Crippen LogP contribution in [0.15, 0.2) is 16.6 Å². The van der Waals surface area contributed by atoms with Gasteiger partial charge in [0.2, 0.25) is 11.8 Å². The summed E-state index contributed by atoms with van der Waals surface area (Å²) in [6.07, 6.45) is 0.403. The number of carboxylic acid groups (broad SMARTS) is 1. The number of nitrogens with one attached hydrogen (secondary N) is 1. The maximum atomic E-state index is 12.5. The van der Waals surface area contributed by atoms with Gasteiger partial charge in [0, 0.05) is 23.0 Å². The number of rotatable bonds is 2. The van der Waals surface area contributed by atoms with Crippen LogP contribution in [0.5, 0.6) is 0 Å². The molecule has 114 valence electrons.